The summed E-state index contributed by atoms with van der Waals surface area (Å²) in [5, 5.41) is 10.7. The lowest BCUT2D eigenvalue weighted by atomic mass is 9.96. The zero-order valence-corrected chi connectivity index (χ0v) is 19.3. The van der Waals surface area contributed by atoms with Gasteiger partial charge in [0.1, 0.15) is 10.8 Å². The number of nitrogens with zero attached hydrogens (tertiary/aromatic N) is 3. The van der Waals surface area contributed by atoms with Crippen LogP contribution in [-0.2, 0) is 4.79 Å². The van der Waals surface area contributed by atoms with Crippen molar-refractivity contribution in [3.05, 3.63) is 54.4 Å². The van der Waals surface area contributed by atoms with Crippen molar-refractivity contribution in [1.29, 1.82) is 0 Å². The zero-order valence-electron chi connectivity index (χ0n) is 18.5. The number of benzene rings is 1. The molecule has 1 aliphatic heterocycles. The molecule has 34 heavy (non-hydrogen) atoms. The highest BCUT2D eigenvalue weighted by Crippen LogP contribution is 2.34. The third-order valence-corrected chi connectivity index (χ3v) is 6.85. The standard InChI is InChI=1S/C24H25N5O4S/c30-22(27-16-8-9-19-20(13-16)33-15-32-19)14-34-24-18(7-4-11-25-24)23(31)28-21-10-12-26-29(21)17-5-2-1-3-6-17/h4,7-13,17H,1-3,5-6,14-15H2,(H,27,30)(H,28,31). The Morgan fingerprint density at radius 1 is 1.03 bits per heavy atom. The third-order valence-electron chi connectivity index (χ3n) is 5.84. The normalized spacial score (nSPS) is 15.2. The van der Waals surface area contributed by atoms with E-state index in [1.165, 1.54) is 31.0 Å². The van der Waals surface area contributed by atoms with Gasteiger partial charge in [-0.25, -0.2) is 9.67 Å². The number of anilines is 2. The highest BCUT2D eigenvalue weighted by atomic mass is 32.2. The number of thioether (sulfide) groups is 1. The fourth-order valence-electron chi connectivity index (χ4n) is 4.20. The summed E-state index contributed by atoms with van der Waals surface area (Å²) < 4.78 is 12.5. The first-order chi connectivity index (χ1) is 16.7. The van der Waals surface area contributed by atoms with Crippen molar-refractivity contribution in [2.75, 3.05) is 23.2 Å². The van der Waals surface area contributed by atoms with Gasteiger partial charge in [-0.1, -0.05) is 31.0 Å². The Labute approximate surface area is 201 Å². The summed E-state index contributed by atoms with van der Waals surface area (Å²) in [6.07, 6.45) is 9.06. The van der Waals surface area contributed by atoms with Gasteiger partial charge in [0.15, 0.2) is 11.5 Å². The van der Waals surface area contributed by atoms with Crippen molar-refractivity contribution in [2.24, 2.45) is 0 Å². The van der Waals surface area contributed by atoms with Crippen molar-refractivity contribution in [3.8, 4) is 11.5 Å². The number of pyridine rings is 1. The molecule has 3 heterocycles. The maximum atomic E-state index is 13.1. The minimum atomic E-state index is -0.274. The molecule has 176 valence electrons. The summed E-state index contributed by atoms with van der Waals surface area (Å²) in [4.78, 5) is 29.9. The Bertz CT molecular complexity index is 1190. The summed E-state index contributed by atoms with van der Waals surface area (Å²) in [5.74, 6) is 1.55. The largest absolute Gasteiger partial charge is 0.454 e. The lowest BCUT2D eigenvalue weighted by molar-refractivity contribution is -0.113. The minimum Gasteiger partial charge on any atom is -0.454 e. The Balaban J connectivity index is 1.22. The van der Waals surface area contributed by atoms with Crippen LogP contribution in [0.25, 0.3) is 0 Å². The van der Waals surface area contributed by atoms with E-state index in [2.05, 4.69) is 20.7 Å². The van der Waals surface area contributed by atoms with Crippen molar-refractivity contribution in [2.45, 2.75) is 43.2 Å². The van der Waals surface area contributed by atoms with Gasteiger partial charge in [0, 0.05) is 24.0 Å². The van der Waals surface area contributed by atoms with Crippen LogP contribution in [0.1, 0.15) is 48.5 Å². The molecule has 1 saturated carbocycles. The second-order valence-electron chi connectivity index (χ2n) is 8.17. The first kappa shape index (κ1) is 22.3. The molecule has 0 atom stereocenters. The first-order valence-electron chi connectivity index (χ1n) is 11.3. The summed E-state index contributed by atoms with van der Waals surface area (Å²) >= 11 is 1.21. The molecule has 5 rings (SSSR count). The summed E-state index contributed by atoms with van der Waals surface area (Å²) in [6, 6.07) is 10.8. The van der Waals surface area contributed by atoms with Crippen molar-refractivity contribution in [1.82, 2.24) is 14.8 Å². The average Bonchev–Trinajstić information content (AvgIpc) is 3.52. The number of rotatable bonds is 7. The van der Waals surface area contributed by atoms with Crippen LogP contribution in [0.2, 0.25) is 0 Å². The highest BCUT2D eigenvalue weighted by Gasteiger charge is 2.21. The molecule has 2 amide bonds. The monoisotopic (exact) mass is 479 g/mol. The van der Waals surface area contributed by atoms with Crippen LogP contribution in [0.3, 0.4) is 0 Å². The first-order valence-corrected chi connectivity index (χ1v) is 12.3. The van der Waals surface area contributed by atoms with Crippen molar-refractivity contribution < 1.29 is 19.1 Å². The fourth-order valence-corrected chi connectivity index (χ4v) is 4.99. The van der Waals surface area contributed by atoms with E-state index < -0.39 is 0 Å². The van der Waals surface area contributed by atoms with Crippen LogP contribution in [-0.4, -0.2) is 39.1 Å². The molecule has 0 spiro atoms. The van der Waals surface area contributed by atoms with Crippen molar-refractivity contribution >= 4 is 35.1 Å². The van der Waals surface area contributed by atoms with Gasteiger partial charge in [-0.3, -0.25) is 9.59 Å². The van der Waals surface area contributed by atoms with Crippen LogP contribution in [0.5, 0.6) is 11.5 Å². The quantitative estimate of drug-likeness (QED) is 0.481. The van der Waals surface area contributed by atoms with Crippen molar-refractivity contribution in [3.63, 3.8) is 0 Å². The molecule has 1 fully saturated rings. The number of hydrogen-bond donors (Lipinski definition) is 2. The smallest absolute Gasteiger partial charge is 0.259 e. The summed E-state index contributed by atoms with van der Waals surface area (Å²) in [6.45, 7) is 0.175. The molecule has 10 heteroatoms. The van der Waals surface area contributed by atoms with Crippen LogP contribution in [0.4, 0.5) is 11.5 Å². The molecule has 0 unspecified atom stereocenters. The molecule has 0 bridgehead atoms. The van der Waals surface area contributed by atoms with Gasteiger partial charge in [0.25, 0.3) is 5.91 Å². The van der Waals surface area contributed by atoms with E-state index >= 15 is 0 Å². The van der Waals surface area contributed by atoms with E-state index in [-0.39, 0.29) is 24.4 Å². The predicted molar refractivity (Wildman–Crippen MR) is 128 cm³/mol. The zero-order chi connectivity index (χ0) is 23.3. The lowest BCUT2D eigenvalue weighted by Gasteiger charge is -2.24. The molecule has 1 aliphatic carbocycles. The van der Waals surface area contributed by atoms with Gasteiger partial charge in [-0.15, -0.1) is 0 Å². The van der Waals surface area contributed by atoms with Gasteiger partial charge in [-0.05, 0) is 37.1 Å². The minimum absolute atomic E-state index is 0.103. The van der Waals surface area contributed by atoms with E-state index in [4.69, 9.17) is 9.47 Å². The summed E-state index contributed by atoms with van der Waals surface area (Å²) in [5.41, 5.74) is 1.03. The second kappa shape index (κ2) is 10.2. The average molecular weight is 480 g/mol. The van der Waals surface area contributed by atoms with Crippen LogP contribution >= 0.6 is 11.8 Å². The van der Waals surface area contributed by atoms with Gasteiger partial charge in [0.2, 0.25) is 12.7 Å². The molecule has 1 aromatic carbocycles. The Hall–Kier alpha value is -3.53. The maximum Gasteiger partial charge on any atom is 0.259 e. The highest BCUT2D eigenvalue weighted by molar-refractivity contribution is 8.00. The second-order valence-corrected chi connectivity index (χ2v) is 9.13. The number of amides is 2. The lowest BCUT2D eigenvalue weighted by Crippen LogP contribution is -2.21. The topological polar surface area (TPSA) is 107 Å². The van der Waals surface area contributed by atoms with E-state index in [0.29, 0.717) is 39.6 Å². The number of nitrogens with one attached hydrogen (secondary N) is 2. The number of carbonyl (C=O) groups is 2. The number of fused-ring (bicyclic) bond motifs is 1. The molecule has 9 nitrogen and oxygen atoms in total. The Kier molecular flexibility index (Phi) is 6.66. The van der Waals surface area contributed by atoms with Gasteiger partial charge in [0.05, 0.1) is 23.6 Å². The Morgan fingerprint density at radius 2 is 1.88 bits per heavy atom. The molecule has 0 saturated heterocycles. The Morgan fingerprint density at radius 3 is 2.76 bits per heavy atom. The van der Waals surface area contributed by atoms with E-state index in [9.17, 15) is 9.59 Å². The molecule has 0 radical (unpaired) electrons. The van der Waals surface area contributed by atoms with E-state index in [1.54, 1.807) is 42.7 Å². The molecule has 2 aliphatic rings. The van der Waals surface area contributed by atoms with E-state index in [1.807, 2.05) is 10.7 Å². The van der Waals surface area contributed by atoms with Crippen LogP contribution in [0.15, 0.2) is 53.8 Å². The SMILES string of the molecule is O=C(CSc1ncccc1C(=O)Nc1ccnn1C1CCCCC1)Nc1ccc2c(c1)OCO2. The molecule has 3 aromatic rings. The van der Waals surface area contributed by atoms with Gasteiger partial charge >= 0.3 is 0 Å². The molecular formula is C24H25N5O4S. The maximum absolute atomic E-state index is 13.1. The van der Waals surface area contributed by atoms with Gasteiger partial charge < -0.3 is 20.1 Å². The molecule has 2 aromatic heterocycles. The molecule has 2 N–H and O–H groups in total. The van der Waals surface area contributed by atoms with Crippen LogP contribution in [0, 0.1) is 0 Å². The third kappa shape index (κ3) is 5.01. The predicted octanol–water partition coefficient (Wildman–Crippen LogP) is 4.50. The van der Waals surface area contributed by atoms with E-state index in [0.717, 1.165) is 12.8 Å². The number of aromatic nitrogens is 3. The fraction of sp³-hybridized carbons (Fsp3) is 0.333. The van der Waals surface area contributed by atoms with Crippen LogP contribution < -0.4 is 20.1 Å². The van der Waals surface area contributed by atoms with Gasteiger partial charge in [-0.2, -0.15) is 5.10 Å². The summed E-state index contributed by atoms with van der Waals surface area (Å²) in [7, 11) is 0. The molecular weight excluding hydrogens is 454 g/mol. The number of hydrogen-bond acceptors (Lipinski definition) is 7. The number of ether oxygens (including phenoxy) is 2. The number of carbonyl (C=O) groups excluding carboxylic acids is 2.